The van der Waals surface area contributed by atoms with Crippen molar-refractivity contribution in [2.75, 3.05) is 6.54 Å². The van der Waals surface area contributed by atoms with Crippen molar-refractivity contribution in [3.05, 3.63) is 77.4 Å². The van der Waals surface area contributed by atoms with Gasteiger partial charge in [-0.3, -0.25) is 4.90 Å². The third-order valence-corrected chi connectivity index (χ3v) is 5.17. The van der Waals surface area contributed by atoms with Gasteiger partial charge in [0.05, 0.1) is 18.1 Å². The molecule has 4 aromatic rings. The Hall–Kier alpha value is -2.99. The minimum Gasteiger partial charge on any atom is -0.348 e. The van der Waals surface area contributed by atoms with E-state index in [2.05, 4.69) is 61.6 Å². The zero-order valence-electron chi connectivity index (χ0n) is 14.3. The Labute approximate surface area is 150 Å². The summed E-state index contributed by atoms with van der Waals surface area (Å²) < 4.78 is 4.93. The zero-order chi connectivity index (χ0) is 17.3. The summed E-state index contributed by atoms with van der Waals surface area (Å²) in [7, 11) is 0. The fourth-order valence-corrected chi connectivity index (χ4v) is 3.86. The van der Waals surface area contributed by atoms with Crippen LogP contribution in [0.25, 0.3) is 11.0 Å². The van der Waals surface area contributed by atoms with Crippen molar-refractivity contribution in [3.8, 4) is 0 Å². The van der Waals surface area contributed by atoms with Crippen LogP contribution in [0, 0.1) is 0 Å². The molecule has 6 heteroatoms. The normalized spacial score (nSPS) is 17.5. The average Bonchev–Trinajstić information content (AvgIpc) is 3.34. The number of benzene rings is 2. The number of imidazole rings is 1. The summed E-state index contributed by atoms with van der Waals surface area (Å²) in [5.41, 5.74) is 6.52. The maximum atomic E-state index is 4.93. The molecule has 0 aliphatic carbocycles. The van der Waals surface area contributed by atoms with Crippen LogP contribution >= 0.6 is 0 Å². The predicted molar refractivity (Wildman–Crippen MR) is 97.4 cm³/mol. The maximum absolute atomic E-state index is 4.93. The average molecular weight is 345 g/mol. The summed E-state index contributed by atoms with van der Waals surface area (Å²) in [4.78, 5) is 10.4. The molecule has 2 aromatic carbocycles. The highest BCUT2D eigenvalue weighted by molar-refractivity contribution is 5.76. The minimum absolute atomic E-state index is 0.238. The van der Waals surface area contributed by atoms with Crippen molar-refractivity contribution >= 4 is 11.0 Å². The van der Waals surface area contributed by atoms with Crippen LogP contribution in [0.3, 0.4) is 0 Å². The lowest BCUT2D eigenvalue weighted by Crippen LogP contribution is -2.36. The van der Waals surface area contributed by atoms with E-state index in [1.807, 2.05) is 18.5 Å². The van der Waals surface area contributed by atoms with Gasteiger partial charge in [0.2, 0.25) is 0 Å². The summed E-state index contributed by atoms with van der Waals surface area (Å²) in [6.45, 7) is 1.78. The van der Waals surface area contributed by atoms with Crippen molar-refractivity contribution in [3.63, 3.8) is 0 Å². The van der Waals surface area contributed by atoms with Crippen molar-refractivity contribution in [2.45, 2.75) is 25.4 Å². The maximum Gasteiger partial charge on any atom is 0.139 e. The first-order valence-corrected chi connectivity index (χ1v) is 8.89. The molecule has 0 amide bonds. The predicted octanol–water partition coefficient (Wildman–Crippen LogP) is 3.29. The molecule has 1 N–H and O–H groups in total. The van der Waals surface area contributed by atoms with E-state index in [1.54, 1.807) is 0 Å². The van der Waals surface area contributed by atoms with Crippen molar-refractivity contribution in [1.82, 2.24) is 25.2 Å². The van der Waals surface area contributed by atoms with Crippen LogP contribution in [0.1, 0.15) is 28.6 Å². The van der Waals surface area contributed by atoms with Gasteiger partial charge in [-0.1, -0.05) is 42.5 Å². The number of rotatable bonds is 4. The number of fused-ring (bicyclic) bond motifs is 2. The fourth-order valence-electron chi connectivity index (χ4n) is 3.86. The van der Waals surface area contributed by atoms with Gasteiger partial charge in [-0.25, -0.2) is 9.61 Å². The topological polar surface area (TPSA) is 70.8 Å². The van der Waals surface area contributed by atoms with Crippen LogP contribution in [0.5, 0.6) is 0 Å². The van der Waals surface area contributed by atoms with E-state index in [1.165, 1.54) is 11.3 Å². The van der Waals surface area contributed by atoms with E-state index in [-0.39, 0.29) is 6.04 Å². The lowest BCUT2D eigenvalue weighted by atomic mass is 9.95. The summed E-state index contributed by atoms with van der Waals surface area (Å²) in [6.07, 6.45) is 3.73. The lowest BCUT2D eigenvalue weighted by Gasteiger charge is -2.35. The van der Waals surface area contributed by atoms with Crippen LogP contribution in [0.15, 0.2) is 59.5 Å². The molecule has 1 aliphatic heterocycles. The number of nitrogens with one attached hydrogen (secondary N) is 1. The van der Waals surface area contributed by atoms with E-state index in [0.717, 1.165) is 48.2 Å². The molecule has 0 fully saturated rings. The first-order chi connectivity index (χ1) is 12.9. The van der Waals surface area contributed by atoms with E-state index in [9.17, 15) is 0 Å². The molecule has 0 spiro atoms. The molecule has 1 atom stereocenters. The van der Waals surface area contributed by atoms with Crippen molar-refractivity contribution in [2.24, 2.45) is 0 Å². The Balaban J connectivity index is 1.49. The highest BCUT2D eigenvalue weighted by Gasteiger charge is 2.30. The molecule has 6 nitrogen and oxygen atoms in total. The van der Waals surface area contributed by atoms with Gasteiger partial charge >= 0.3 is 0 Å². The molecule has 2 aromatic heterocycles. The summed E-state index contributed by atoms with van der Waals surface area (Å²) in [6, 6.07) is 16.9. The Bertz CT molecular complexity index is 1020. The van der Waals surface area contributed by atoms with Gasteiger partial charge in [0.25, 0.3) is 0 Å². The minimum atomic E-state index is 0.238. The number of hydrogen-bond donors (Lipinski definition) is 1. The number of aromatic nitrogens is 4. The summed E-state index contributed by atoms with van der Waals surface area (Å²) >= 11 is 0. The SMILES string of the molecule is c1ccc(C[C@H]2c3nc[nH]c3CCN2Cc2cccc3nonc23)cc1. The Morgan fingerprint density at radius 3 is 2.92 bits per heavy atom. The number of hydrogen-bond acceptors (Lipinski definition) is 5. The van der Waals surface area contributed by atoms with Crippen LogP contribution < -0.4 is 0 Å². The molecule has 0 bridgehead atoms. The third-order valence-electron chi connectivity index (χ3n) is 5.17. The Morgan fingerprint density at radius 2 is 2.00 bits per heavy atom. The first kappa shape index (κ1) is 15.3. The molecule has 1 aliphatic rings. The molecule has 3 heterocycles. The summed E-state index contributed by atoms with van der Waals surface area (Å²) in [5, 5.41) is 8.06. The molecule has 0 radical (unpaired) electrons. The number of nitrogens with zero attached hydrogens (tertiary/aromatic N) is 4. The largest absolute Gasteiger partial charge is 0.348 e. The Kier molecular flexibility index (Phi) is 3.75. The molecule has 0 unspecified atom stereocenters. The van der Waals surface area contributed by atoms with Gasteiger partial charge in [0.1, 0.15) is 11.0 Å². The summed E-state index contributed by atoms with van der Waals surface area (Å²) in [5.74, 6) is 0. The third kappa shape index (κ3) is 2.68. The smallest absolute Gasteiger partial charge is 0.139 e. The van der Waals surface area contributed by atoms with Gasteiger partial charge in [-0.15, -0.1) is 0 Å². The lowest BCUT2D eigenvalue weighted by molar-refractivity contribution is 0.171. The highest BCUT2D eigenvalue weighted by atomic mass is 16.6. The standard InChI is InChI=1S/C20H19N5O/c1-2-5-14(6-3-1)11-18-20-16(21-13-22-20)9-10-25(18)12-15-7-4-8-17-19(15)24-26-23-17/h1-8,13,18H,9-12H2,(H,21,22)/t18-/m0/s1. The monoisotopic (exact) mass is 345 g/mol. The van der Waals surface area contributed by atoms with Gasteiger partial charge in [0, 0.05) is 25.2 Å². The van der Waals surface area contributed by atoms with Crippen LogP contribution in [-0.4, -0.2) is 31.7 Å². The van der Waals surface area contributed by atoms with Gasteiger partial charge in [-0.05, 0) is 33.9 Å². The second kappa shape index (κ2) is 6.38. The van der Waals surface area contributed by atoms with E-state index >= 15 is 0 Å². The molecule has 130 valence electrons. The molecular weight excluding hydrogens is 326 g/mol. The first-order valence-electron chi connectivity index (χ1n) is 8.89. The van der Waals surface area contributed by atoms with Crippen LogP contribution in [0.4, 0.5) is 0 Å². The van der Waals surface area contributed by atoms with Gasteiger partial charge in [0.15, 0.2) is 0 Å². The molecule has 0 saturated heterocycles. The molecular formula is C20H19N5O. The quantitative estimate of drug-likeness (QED) is 0.614. The zero-order valence-corrected chi connectivity index (χ0v) is 14.3. The number of H-pyrrole nitrogens is 1. The van der Waals surface area contributed by atoms with Gasteiger partial charge < -0.3 is 4.98 Å². The van der Waals surface area contributed by atoms with Crippen molar-refractivity contribution < 1.29 is 4.63 Å². The van der Waals surface area contributed by atoms with Crippen molar-refractivity contribution in [1.29, 1.82) is 0 Å². The molecule has 5 rings (SSSR count). The van der Waals surface area contributed by atoms with E-state index in [4.69, 9.17) is 4.63 Å². The number of aromatic amines is 1. The van der Waals surface area contributed by atoms with Crippen LogP contribution in [-0.2, 0) is 19.4 Å². The van der Waals surface area contributed by atoms with Crippen LogP contribution in [0.2, 0.25) is 0 Å². The second-order valence-electron chi connectivity index (χ2n) is 6.74. The Morgan fingerprint density at radius 1 is 1.08 bits per heavy atom. The van der Waals surface area contributed by atoms with E-state index in [0.29, 0.717) is 0 Å². The second-order valence-corrected chi connectivity index (χ2v) is 6.74. The molecule has 0 saturated carbocycles. The highest BCUT2D eigenvalue weighted by Crippen LogP contribution is 2.32. The molecule has 26 heavy (non-hydrogen) atoms. The van der Waals surface area contributed by atoms with E-state index < -0.39 is 0 Å². The van der Waals surface area contributed by atoms with Gasteiger partial charge in [-0.2, -0.15) is 0 Å². The fraction of sp³-hybridized carbons (Fsp3) is 0.250.